The van der Waals surface area contributed by atoms with Gasteiger partial charge in [-0.25, -0.2) is 13.2 Å². The smallest absolute Gasteiger partial charge is 0.324 e. The van der Waals surface area contributed by atoms with E-state index in [1.54, 1.807) is 6.07 Å². The molecule has 0 radical (unpaired) electrons. The lowest BCUT2D eigenvalue weighted by Gasteiger charge is -2.13. The zero-order valence-corrected chi connectivity index (χ0v) is 26.7. The van der Waals surface area contributed by atoms with E-state index in [9.17, 15) is 52.2 Å². The van der Waals surface area contributed by atoms with Gasteiger partial charge in [-0.3, -0.25) is 34.6 Å². The number of nitro benzene ring substituents is 2. The summed E-state index contributed by atoms with van der Waals surface area (Å²) in [4.78, 5) is 53.4. The highest BCUT2D eigenvalue weighted by molar-refractivity contribution is 9.11. The lowest BCUT2D eigenvalue weighted by atomic mass is 9.97. The van der Waals surface area contributed by atoms with Gasteiger partial charge in [-0.15, -0.1) is 0 Å². The number of amides is 1. The van der Waals surface area contributed by atoms with Crippen LogP contribution in [0.15, 0.2) is 49.8 Å². The normalized spacial score (nSPS) is 11.3. The van der Waals surface area contributed by atoms with E-state index in [1.165, 1.54) is 6.07 Å². The second-order valence-electron chi connectivity index (χ2n) is 8.18. The van der Waals surface area contributed by atoms with E-state index in [-0.39, 0.29) is 27.1 Å². The number of esters is 2. The second kappa shape index (κ2) is 15.7. The summed E-state index contributed by atoms with van der Waals surface area (Å²) in [7, 11) is 2.00. The molecule has 1 heterocycles. The van der Waals surface area contributed by atoms with Crippen molar-refractivity contribution in [3.8, 4) is 0 Å². The molecule has 3 aromatic rings. The van der Waals surface area contributed by atoms with Crippen molar-refractivity contribution >= 4 is 82.7 Å². The minimum absolute atomic E-state index is 0.0810. The summed E-state index contributed by atoms with van der Waals surface area (Å²) in [5.74, 6) is -7.20. The van der Waals surface area contributed by atoms with Crippen molar-refractivity contribution in [2.45, 2.75) is 12.3 Å². The van der Waals surface area contributed by atoms with Gasteiger partial charge in [0.1, 0.15) is 17.5 Å². The zero-order valence-electron chi connectivity index (χ0n) is 22.0. The molecule has 1 aliphatic rings. The molecule has 0 bridgehead atoms. The van der Waals surface area contributed by atoms with Gasteiger partial charge < -0.3 is 14.8 Å². The average Bonchev–Trinajstić information content (AvgIpc) is 3.31. The molecule has 1 amide bonds. The first kappa shape index (κ1) is 36.2. The highest BCUT2D eigenvalue weighted by Crippen LogP contribution is 2.33. The van der Waals surface area contributed by atoms with Gasteiger partial charge in [-0.2, -0.15) is 4.39 Å². The number of anilines is 1. The quantitative estimate of drug-likeness (QED) is 0.0741. The van der Waals surface area contributed by atoms with Crippen molar-refractivity contribution in [1.29, 1.82) is 0 Å². The van der Waals surface area contributed by atoms with Crippen LogP contribution in [0.5, 0.6) is 0 Å². The fourth-order valence-corrected chi connectivity index (χ4v) is 4.40. The summed E-state index contributed by atoms with van der Waals surface area (Å²) in [5, 5.41) is 23.7. The Morgan fingerprint density at radius 3 is 1.73 bits per heavy atom. The molecule has 0 spiro atoms. The molecule has 234 valence electrons. The van der Waals surface area contributed by atoms with Crippen molar-refractivity contribution in [2.75, 3.05) is 19.5 Å². The fraction of sp³-hybridized carbons (Fsp3) is 0.160. The van der Waals surface area contributed by atoms with Gasteiger partial charge in [0.25, 0.3) is 5.69 Å². The van der Waals surface area contributed by atoms with Crippen molar-refractivity contribution in [1.82, 2.24) is 0 Å². The molecule has 3 aromatic carbocycles. The molecule has 0 aliphatic carbocycles. The summed E-state index contributed by atoms with van der Waals surface area (Å²) in [6, 6.07) is 5.78. The minimum atomic E-state index is -1.73. The van der Waals surface area contributed by atoms with E-state index in [0.29, 0.717) is 16.2 Å². The molecular formula is C25H16Br3F4N3O9. The molecule has 0 atom stereocenters. The summed E-state index contributed by atoms with van der Waals surface area (Å²) in [6.45, 7) is 0. The molecule has 4 rings (SSSR count). The number of hydrogen-bond donors (Lipinski definition) is 1. The first-order chi connectivity index (χ1) is 20.5. The average molecular weight is 818 g/mol. The fourth-order valence-electron chi connectivity index (χ4n) is 3.40. The molecule has 19 heteroatoms. The number of nitrogens with zero attached hydrogens (tertiary/aromatic N) is 2. The molecule has 0 fully saturated rings. The minimum Gasteiger partial charge on any atom is -0.468 e. The summed E-state index contributed by atoms with van der Waals surface area (Å²) in [5.41, 5.74) is -0.356. The number of hydrogen-bond acceptors (Lipinski definition) is 9. The van der Waals surface area contributed by atoms with Crippen LogP contribution in [0.3, 0.4) is 0 Å². The highest BCUT2D eigenvalue weighted by atomic mass is 79.9. The predicted octanol–water partition coefficient (Wildman–Crippen LogP) is 6.64. The first-order valence-electron chi connectivity index (χ1n) is 11.4. The standard InChI is InChI=1S/C11H9BrFNO6.C8H5BrFNO.C6H2BrF2NO2/c1-19-10(15)9(11(16)20-2)5-3-7(13)6(12)4-8(5)14(17)18;9-5-3-7-4(1-6(5)10)2-8(12)11-7;7-3-1-6(10(11)12)5(9)2-4(3)8/h3-4,9H,1-2H3;1,3H,2H2,(H,11,12);1-2H. The number of nitro groups is 2. The largest absolute Gasteiger partial charge is 0.468 e. The Bertz CT molecular complexity index is 1610. The molecule has 12 nitrogen and oxygen atoms in total. The number of nitrogens with one attached hydrogen (secondary N) is 1. The van der Waals surface area contributed by atoms with Crippen LogP contribution >= 0.6 is 47.8 Å². The number of carbonyl (C=O) groups excluding carboxylic acids is 3. The number of benzene rings is 3. The summed E-state index contributed by atoms with van der Waals surface area (Å²) < 4.78 is 60.4. The van der Waals surface area contributed by atoms with Gasteiger partial charge in [-0.1, -0.05) is 0 Å². The van der Waals surface area contributed by atoms with Crippen LogP contribution in [-0.4, -0.2) is 41.9 Å². The van der Waals surface area contributed by atoms with Crippen molar-refractivity contribution < 1.29 is 51.3 Å². The molecule has 0 saturated heterocycles. The summed E-state index contributed by atoms with van der Waals surface area (Å²) in [6.07, 6.45) is 0.277. The monoisotopic (exact) mass is 815 g/mol. The van der Waals surface area contributed by atoms with Gasteiger partial charge >= 0.3 is 17.6 Å². The SMILES string of the molecule is COC(=O)C(C(=O)OC)c1cc(F)c(Br)cc1[N+](=O)[O-].O=C1Cc2cc(F)c(Br)cc2N1.O=[N+]([O-])c1cc(Br)c(F)cc1F. The van der Waals surface area contributed by atoms with Crippen LogP contribution in [-0.2, 0) is 30.3 Å². The van der Waals surface area contributed by atoms with Gasteiger partial charge in [0.2, 0.25) is 11.7 Å². The molecule has 1 aliphatic heterocycles. The Morgan fingerprint density at radius 2 is 1.23 bits per heavy atom. The molecule has 0 unspecified atom stereocenters. The third-order valence-corrected chi connectivity index (χ3v) is 7.23. The van der Waals surface area contributed by atoms with Crippen molar-refractivity contribution in [3.05, 3.63) is 104 Å². The van der Waals surface area contributed by atoms with Crippen molar-refractivity contribution in [3.63, 3.8) is 0 Å². The maximum Gasteiger partial charge on any atom is 0.324 e. The van der Waals surface area contributed by atoms with Crippen LogP contribution in [0.2, 0.25) is 0 Å². The Labute approximate surface area is 269 Å². The molecule has 44 heavy (non-hydrogen) atoms. The first-order valence-corrected chi connectivity index (χ1v) is 13.8. The number of halogens is 7. The van der Waals surface area contributed by atoms with E-state index >= 15 is 0 Å². The number of methoxy groups -OCH3 is 2. The zero-order chi connectivity index (χ0) is 33.5. The maximum absolute atomic E-state index is 13.5. The van der Waals surface area contributed by atoms with Gasteiger partial charge in [0.15, 0.2) is 5.92 Å². The Balaban J connectivity index is 0.000000242. The number of carbonyl (C=O) groups is 3. The lowest BCUT2D eigenvalue weighted by Crippen LogP contribution is -2.25. The van der Waals surface area contributed by atoms with Crippen LogP contribution in [0.25, 0.3) is 0 Å². The van der Waals surface area contributed by atoms with Crippen LogP contribution in [0, 0.1) is 43.5 Å². The Morgan fingerprint density at radius 1 is 0.773 bits per heavy atom. The molecule has 0 saturated carbocycles. The van der Waals surface area contributed by atoms with Gasteiger partial charge in [-0.05, 0) is 71.6 Å². The molecule has 0 aromatic heterocycles. The lowest BCUT2D eigenvalue weighted by molar-refractivity contribution is -0.387. The van der Waals surface area contributed by atoms with E-state index in [0.717, 1.165) is 38.0 Å². The Hall–Kier alpha value is -3.97. The number of fused-ring (bicyclic) bond motifs is 1. The van der Waals surface area contributed by atoms with Crippen LogP contribution in [0.1, 0.15) is 17.0 Å². The number of rotatable bonds is 5. The summed E-state index contributed by atoms with van der Waals surface area (Å²) >= 11 is 8.54. The van der Waals surface area contributed by atoms with Gasteiger partial charge in [0, 0.05) is 23.9 Å². The van der Waals surface area contributed by atoms with E-state index in [2.05, 4.69) is 62.6 Å². The van der Waals surface area contributed by atoms with E-state index in [1.807, 2.05) is 0 Å². The Kier molecular flexibility index (Phi) is 12.9. The molecule has 1 N–H and O–H groups in total. The van der Waals surface area contributed by atoms with Crippen LogP contribution < -0.4 is 5.32 Å². The maximum atomic E-state index is 13.5. The molecular weight excluding hydrogens is 802 g/mol. The van der Waals surface area contributed by atoms with E-state index in [4.69, 9.17) is 0 Å². The number of ether oxygens (including phenoxy) is 2. The van der Waals surface area contributed by atoms with Gasteiger partial charge in [0.05, 0.1) is 49.5 Å². The highest BCUT2D eigenvalue weighted by Gasteiger charge is 2.37. The third-order valence-electron chi connectivity index (χ3n) is 5.41. The third kappa shape index (κ3) is 9.02. The van der Waals surface area contributed by atoms with Crippen molar-refractivity contribution in [2.24, 2.45) is 0 Å². The second-order valence-corrected chi connectivity index (χ2v) is 10.7. The topological polar surface area (TPSA) is 168 Å². The van der Waals surface area contributed by atoms with Crippen LogP contribution in [0.4, 0.5) is 34.6 Å². The predicted molar refractivity (Wildman–Crippen MR) is 155 cm³/mol. The van der Waals surface area contributed by atoms with E-state index < -0.39 is 62.1 Å².